The molecule has 0 saturated carbocycles. The average molecular weight is 285 g/mol. The summed E-state index contributed by atoms with van der Waals surface area (Å²) in [6, 6.07) is 14.9. The zero-order chi connectivity index (χ0) is 15.2. The molecule has 0 saturated heterocycles. The average Bonchev–Trinajstić information content (AvgIpc) is 2.45. The van der Waals surface area contributed by atoms with E-state index in [0.29, 0.717) is 6.54 Å². The highest BCUT2D eigenvalue weighted by atomic mass is 16.6. The van der Waals surface area contributed by atoms with E-state index in [-0.39, 0.29) is 10.6 Å². The van der Waals surface area contributed by atoms with Crippen LogP contribution in [0.2, 0.25) is 0 Å². The van der Waals surface area contributed by atoms with Crippen LogP contribution in [0.3, 0.4) is 0 Å². The molecular weight excluding hydrogens is 266 g/mol. The summed E-state index contributed by atoms with van der Waals surface area (Å²) in [5, 5.41) is 13.9. The van der Waals surface area contributed by atoms with Gasteiger partial charge in [-0.1, -0.05) is 24.3 Å². The van der Waals surface area contributed by atoms with E-state index in [1.165, 1.54) is 17.7 Å². The van der Waals surface area contributed by atoms with Gasteiger partial charge in [0.2, 0.25) is 0 Å². The molecule has 1 N–H and O–H groups in total. The Labute approximate surface area is 124 Å². The second-order valence-electron chi connectivity index (χ2n) is 5.22. The highest BCUT2D eigenvalue weighted by molar-refractivity contribution is 5.46. The summed E-state index contributed by atoms with van der Waals surface area (Å²) in [5.74, 6) is 0. The van der Waals surface area contributed by atoms with E-state index in [9.17, 15) is 10.1 Å². The molecule has 2 aromatic carbocycles. The zero-order valence-corrected chi connectivity index (χ0v) is 12.2. The maximum absolute atomic E-state index is 10.6. The Morgan fingerprint density at radius 2 is 1.81 bits per heavy atom. The number of nitro groups is 1. The van der Waals surface area contributed by atoms with Crippen molar-refractivity contribution in [2.45, 2.75) is 13.1 Å². The van der Waals surface area contributed by atoms with E-state index < -0.39 is 0 Å². The van der Waals surface area contributed by atoms with Crippen molar-refractivity contribution in [3.05, 3.63) is 69.8 Å². The van der Waals surface area contributed by atoms with Gasteiger partial charge in [-0.15, -0.1) is 0 Å². The first-order valence-electron chi connectivity index (χ1n) is 6.75. The number of non-ortho nitro benzene ring substituents is 1. The Kier molecular flexibility index (Phi) is 4.90. The molecule has 2 aromatic rings. The molecule has 5 heteroatoms. The lowest BCUT2D eigenvalue weighted by atomic mass is 10.1. The molecule has 0 atom stereocenters. The van der Waals surface area contributed by atoms with E-state index >= 15 is 0 Å². The summed E-state index contributed by atoms with van der Waals surface area (Å²) in [5.41, 5.74) is 3.42. The second kappa shape index (κ2) is 6.85. The molecule has 0 bridgehead atoms. The van der Waals surface area contributed by atoms with Gasteiger partial charge in [-0.25, -0.2) is 0 Å². The van der Waals surface area contributed by atoms with Crippen LogP contribution in [-0.2, 0) is 13.1 Å². The van der Waals surface area contributed by atoms with Crippen molar-refractivity contribution in [2.75, 3.05) is 19.4 Å². The van der Waals surface area contributed by atoms with Gasteiger partial charge in [-0.2, -0.15) is 0 Å². The van der Waals surface area contributed by atoms with Crippen molar-refractivity contribution in [3.63, 3.8) is 0 Å². The fourth-order valence-electron chi connectivity index (χ4n) is 2.08. The largest absolute Gasteiger partial charge is 0.381 e. The van der Waals surface area contributed by atoms with E-state index in [0.717, 1.165) is 17.8 Å². The van der Waals surface area contributed by atoms with Crippen molar-refractivity contribution >= 4 is 11.4 Å². The van der Waals surface area contributed by atoms with Crippen molar-refractivity contribution in [1.29, 1.82) is 0 Å². The summed E-state index contributed by atoms with van der Waals surface area (Å²) >= 11 is 0. The molecule has 0 spiro atoms. The van der Waals surface area contributed by atoms with Crippen molar-refractivity contribution < 1.29 is 4.92 Å². The van der Waals surface area contributed by atoms with Gasteiger partial charge in [0.25, 0.3) is 5.69 Å². The van der Waals surface area contributed by atoms with Crippen LogP contribution in [0.25, 0.3) is 0 Å². The molecule has 0 fully saturated rings. The Balaban J connectivity index is 1.97. The highest BCUT2D eigenvalue weighted by Gasteiger charge is 2.04. The third-order valence-corrected chi connectivity index (χ3v) is 3.07. The summed E-state index contributed by atoms with van der Waals surface area (Å²) in [6.45, 7) is 1.54. The van der Waals surface area contributed by atoms with Gasteiger partial charge < -0.3 is 10.2 Å². The number of benzene rings is 2. The number of nitrogens with one attached hydrogen (secondary N) is 1. The number of nitro benzene ring substituents is 1. The number of rotatable bonds is 6. The smallest absolute Gasteiger partial charge is 0.269 e. The quantitative estimate of drug-likeness (QED) is 0.653. The number of nitrogens with zero attached hydrogens (tertiary/aromatic N) is 2. The van der Waals surface area contributed by atoms with Gasteiger partial charge >= 0.3 is 0 Å². The van der Waals surface area contributed by atoms with E-state index in [1.54, 1.807) is 12.1 Å². The molecule has 0 aliphatic carbocycles. The Morgan fingerprint density at radius 3 is 2.43 bits per heavy atom. The van der Waals surface area contributed by atoms with Crippen LogP contribution < -0.4 is 5.32 Å². The van der Waals surface area contributed by atoms with Crippen LogP contribution in [-0.4, -0.2) is 23.9 Å². The first-order chi connectivity index (χ1) is 10.0. The topological polar surface area (TPSA) is 58.4 Å². The predicted octanol–water partition coefficient (Wildman–Crippen LogP) is 3.27. The molecule has 0 aliphatic heterocycles. The molecule has 0 aromatic heterocycles. The fraction of sp³-hybridized carbons (Fsp3) is 0.250. The second-order valence-corrected chi connectivity index (χ2v) is 5.22. The van der Waals surface area contributed by atoms with Crippen LogP contribution in [0.1, 0.15) is 11.1 Å². The van der Waals surface area contributed by atoms with E-state index in [4.69, 9.17) is 0 Å². The van der Waals surface area contributed by atoms with E-state index in [2.05, 4.69) is 22.3 Å². The van der Waals surface area contributed by atoms with Gasteiger partial charge in [0.15, 0.2) is 0 Å². The Bertz CT molecular complexity index is 609. The summed E-state index contributed by atoms with van der Waals surface area (Å²) in [4.78, 5) is 12.3. The first-order valence-corrected chi connectivity index (χ1v) is 6.75. The third kappa shape index (κ3) is 4.57. The van der Waals surface area contributed by atoms with Crippen LogP contribution in [0, 0.1) is 10.1 Å². The van der Waals surface area contributed by atoms with Gasteiger partial charge in [0.1, 0.15) is 0 Å². The van der Waals surface area contributed by atoms with Gasteiger partial charge in [0, 0.05) is 30.9 Å². The first kappa shape index (κ1) is 15.0. The lowest BCUT2D eigenvalue weighted by Crippen LogP contribution is -2.10. The van der Waals surface area contributed by atoms with Crippen LogP contribution in [0.5, 0.6) is 0 Å². The van der Waals surface area contributed by atoms with Crippen LogP contribution >= 0.6 is 0 Å². The number of anilines is 1. The van der Waals surface area contributed by atoms with Gasteiger partial charge in [-0.05, 0) is 37.4 Å². The number of hydrogen-bond acceptors (Lipinski definition) is 4. The fourth-order valence-corrected chi connectivity index (χ4v) is 2.08. The molecule has 5 nitrogen and oxygen atoms in total. The molecule has 21 heavy (non-hydrogen) atoms. The standard InChI is InChI=1S/C16H19N3O2/c1-18(2)12-14-4-3-5-15(10-14)17-11-13-6-8-16(9-7-13)19(20)21/h3-10,17H,11-12H2,1-2H3. The minimum absolute atomic E-state index is 0.117. The highest BCUT2D eigenvalue weighted by Crippen LogP contribution is 2.15. The van der Waals surface area contributed by atoms with Gasteiger partial charge in [0.05, 0.1) is 4.92 Å². The molecule has 0 radical (unpaired) electrons. The van der Waals surface area contributed by atoms with Crippen LogP contribution in [0.4, 0.5) is 11.4 Å². The molecular formula is C16H19N3O2. The maximum Gasteiger partial charge on any atom is 0.269 e. The van der Waals surface area contributed by atoms with Gasteiger partial charge in [-0.3, -0.25) is 10.1 Å². The normalized spacial score (nSPS) is 10.6. The maximum atomic E-state index is 10.6. The molecule has 110 valence electrons. The lowest BCUT2D eigenvalue weighted by molar-refractivity contribution is -0.384. The minimum atomic E-state index is -0.387. The number of hydrogen-bond donors (Lipinski definition) is 1. The molecule has 0 amide bonds. The summed E-state index contributed by atoms with van der Waals surface area (Å²) in [6.07, 6.45) is 0. The molecule has 0 heterocycles. The Morgan fingerprint density at radius 1 is 1.10 bits per heavy atom. The monoisotopic (exact) mass is 285 g/mol. The SMILES string of the molecule is CN(C)Cc1cccc(NCc2ccc([N+](=O)[O-])cc2)c1. The predicted molar refractivity (Wildman–Crippen MR) is 84.3 cm³/mol. The summed E-state index contributed by atoms with van der Waals surface area (Å²) in [7, 11) is 4.08. The van der Waals surface area contributed by atoms with Crippen molar-refractivity contribution in [2.24, 2.45) is 0 Å². The zero-order valence-electron chi connectivity index (χ0n) is 12.2. The van der Waals surface area contributed by atoms with Crippen LogP contribution in [0.15, 0.2) is 48.5 Å². The van der Waals surface area contributed by atoms with Crippen molar-refractivity contribution in [1.82, 2.24) is 4.90 Å². The summed E-state index contributed by atoms with van der Waals surface area (Å²) < 4.78 is 0. The molecule has 0 unspecified atom stereocenters. The Hall–Kier alpha value is -2.40. The van der Waals surface area contributed by atoms with Crippen molar-refractivity contribution in [3.8, 4) is 0 Å². The van der Waals surface area contributed by atoms with E-state index in [1.807, 2.05) is 26.2 Å². The third-order valence-electron chi connectivity index (χ3n) is 3.07. The minimum Gasteiger partial charge on any atom is -0.381 e. The lowest BCUT2D eigenvalue weighted by Gasteiger charge is -2.12. The molecule has 2 rings (SSSR count). The molecule has 0 aliphatic rings.